The van der Waals surface area contributed by atoms with Gasteiger partial charge in [0.05, 0.1) is 11.6 Å². The van der Waals surface area contributed by atoms with E-state index in [0.29, 0.717) is 12.1 Å². The predicted molar refractivity (Wildman–Crippen MR) is 74.6 cm³/mol. The molecule has 0 unspecified atom stereocenters. The Balaban J connectivity index is 2.09. The Morgan fingerprint density at radius 1 is 1.42 bits per heavy atom. The predicted octanol–water partition coefficient (Wildman–Crippen LogP) is 2.43. The zero-order chi connectivity index (χ0) is 13.7. The van der Waals surface area contributed by atoms with E-state index in [0.717, 1.165) is 30.3 Å². The van der Waals surface area contributed by atoms with Crippen LogP contribution in [0, 0.1) is 11.3 Å². The molecule has 1 aromatic carbocycles. The lowest BCUT2D eigenvalue weighted by Gasteiger charge is -2.06. The highest BCUT2D eigenvalue weighted by molar-refractivity contribution is 5.84. The topological polar surface area (TPSA) is 57.8 Å². The van der Waals surface area contributed by atoms with E-state index in [2.05, 4.69) is 18.3 Å². The summed E-state index contributed by atoms with van der Waals surface area (Å²) >= 11 is 0. The lowest BCUT2D eigenvalue weighted by molar-refractivity contribution is -0.121. The SMILES string of the molecule is CCCCNC(=O)Cn1ccc2cc(C#N)ccc21. The molecule has 1 heterocycles. The Morgan fingerprint density at radius 2 is 2.26 bits per heavy atom. The van der Waals surface area contributed by atoms with Gasteiger partial charge in [-0.2, -0.15) is 5.26 Å². The first-order valence-electron chi connectivity index (χ1n) is 6.50. The van der Waals surface area contributed by atoms with Gasteiger partial charge in [-0.3, -0.25) is 4.79 Å². The molecule has 4 nitrogen and oxygen atoms in total. The van der Waals surface area contributed by atoms with Crippen molar-refractivity contribution in [1.82, 2.24) is 9.88 Å². The number of nitrogens with one attached hydrogen (secondary N) is 1. The average Bonchev–Trinajstić information content (AvgIpc) is 2.81. The second-order valence-corrected chi connectivity index (χ2v) is 4.53. The lowest BCUT2D eigenvalue weighted by Crippen LogP contribution is -2.28. The van der Waals surface area contributed by atoms with Gasteiger partial charge in [-0.25, -0.2) is 0 Å². The Morgan fingerprint density at radius 3 is 3.00 bits per heavy atom. The van der Waals surface area contributed by atoms with Gasteiger partial charge in [0.25, 0.3) is 0 Å². The van der Waals surface area contributed by atoms with Crippen LogP contribution in [0.2, 0.25) is 0 Å². The third-order valence-electron chi connectivity index (χ3n) is 3.07. The van der Waals surface area contributed by atoms with Crippen molar-refractivity contribution in [3.63, 3.8) is 0 Å². The van der Waals surface area contributed by atoms with Gasteiger partial charge in [0.1, 0.15) is 6.54 Å². The number of hydrogen-bond donors (Lipinski definition) is 1. The van der Waals surface area contributed by atoms with Gasteiger partial charge >= 0.3 is 0 Å². The molecule has 0 spiro atoms. The Labute approximate surface area is 112 Å². The first-order chi connectivity index (χ1) is 9.24. The molecule has 0 saturated carbocycles. The van der Waals surface area contributed by atoms with Crippen molar-refractivity contribution in [3.8, 4) is 6.07 Å². The number of carbonyl (C=O) groups is 1. The number of benzene rings is 1. The maximum Gasteiger partial charge on any atom is 0.239 e. The molecule has 0 fully saturated rings. The number of nitriles is 1. The van der Waals surface area contributed by atoms with Crippen molar-refractivity contribution in [2.24, 2.45) is 0 Å². The van der Waals surface area contributed by atoms with Crippen LogP contribution in [0.25, 0.3) is 10.9 Å². The molecular weight excluding hydrogens is 238 g/mol. The Hall–Kier alpha value is -2.28. The molecule has 0 aliphatic carbocycles. The molecule has 1 aromatic heterocycles. The van der Waals surface area contributed by atoms with Gasteiger partial charge in [-0.1, -0.05) is 13.3 Å². The van der Waals surface area contributed by atoms with Crippen LogP contribution in [0.1, 0.15) is 25.3 Å². The molecule has 1 amide bonds. The number of aromatic nitrogens is 1. The van der Waals surface area contributed by atoms with Gasteiger partial charge in [-0.15, -0.1) is 0 Å². The molecular formula is C15H17N3O. The minimum atomic E-state index is 0.0234. The fourth-order valence-corrected chi connectivity index (χ4v) is 2.02. The van der Waals surface area contributed by atoms with Crippen molar-refractivity contribution in [2.75, 3.05) is 6.54 Å². The second-order valence-electron chi connectivity index (χ2n) is 4.53. The van der Waals surface area contributed by atoms with E-state index in [1.807, 2.05) is 29.0 Å². The van der Waals surface area contributed by atoms with E-state index in [1.54, 1.807) is 6.07 Å². The molecule has 19 heavy (non-hydrogen) atoms. The first kappa shape index (κ1) is 13.2. The summed E-state index contributed by atoms with van der Waals surface area (Å²) < 4.78 is 1.90. The fraction of sp³-hybridized carbons (Fsp3) is 0.333. The minimum Gasteiger partial charge on any atom is -0.355 e. The number of unbranched alkanes of at least 4 members (excludes halogenated alkanes) is 1. The summed E-state index contributed by atoms with van der Waals surface area (Å²) in [6, 6.07) is 9.53. The zero-order valence-electron chi connectivity index (χ0n) is 11.0. The molecule has 0 aliphatic heterocycles. The quantitative estimate of drug-likeness (QED) is 0.834. The minimum absolute atomic E-state index is 0.0234. The van der Waals surface area contributed by atoms with Crippen LogP contribution in [-0.4, -0.2) is 17.0 Å². The van der Waals surface area contributed by atoms with Crippen molar-refractivity contribution >= 4 is 16.8 Å². The van der Waals surface area contributed by atoms with Crippen LogP contribution < -0.4 is 5.32 Å². The average molecular weight is 255 g/mol. The third-order valence-corrected chi connectivity index (χ3v) is 3.07. The van der Waals surface area contributed by atoms with Gasteiger partial charge in [0.2, 0.25) is 5.91 Å². The summed E-state index contributed by atoms with van der Waals surface area (Å²) in [5.41, 5.74) is 1.61. The number of rotatable bonds is 5. The highest BCUT2D eigenvalue weighted by Gasteiger charge is 2.06. The molecule has 98 valence electrons. The van der Waals surface area contributed by atoms with Gasteiger partial charge in [0.15, 0.2) is 0 Å². The summed E-state index contributed by atoms with van der Waals surface area (Å²) in [4.78, 5) is 11.8. The largest absolute Gasteiger partial charge is 0.355 e. The van der Waals surface area contributed by atoms with E-state index in [1.165, 1.54) is 0 Å². The van der Waals surface area contributed by atoms with Crippen LogP contribution >= 0.6 is 0 Å². The van der Waals surface area contributed by atoms with Crippen LogP contribution in [0.15, 0.2) is 30.5 Å². The Kier molecular flexibility index (Phi) is 4.19. The summed E-state index contributed by atoms with van der Waals surface area (Å²) in [6.07, 6.45) is 3.96. The van der Waals surface area contributed by atoms with Crippen LogP contribution in [0.4, 0.5) is 0 Å². The monoisotopic (exact) mass is 255 g/mol. The van der Waals surface area contributed by atoms with Gasteiger partial charge < -0.3 is 9.88 Å². The van der Waals surface area contributed by atoms with E-state index in [-0.39, 0.29) is 5.91 Å². The Bertz CT molecular complexity index is 622. The number of amides is 1. The normalized spacial score (nSPS) is 10.3. The highest BCUT2D eigenvalue weighted by atomic mass is 16.1. The van der Waals surface area contributed by atoms with Gasteiger partial charge in [-0.05, 0) is 30.7 Å². The number of nitrogens with zero attached hydrogens (tertiary/aromatic N) is 2. The molecule has 0 aliphatic rings. The smallest absolute Gasteiger partial charge is 0.239 e. The number of fused-ring (bicyclic) bond motifs is 1. The van der Waals surface area contributed by atoms with Crippen molar-refractivity contribution in [3.05, 3.63) is 36.0 Å². The molecule has 0 radical (unpaired) electrons. The third kappa shape index (κ3) is 3.14. The van der Waals surface area contributed by atoms with Crippen LogP contribution in [0.5, 0.6) is 0 Å². The molecule has 0 bridgehead atoms. The summed E-state index contributed by atoms with van der Waals surface area (Å²) in [5.74, 6) is 0.0234. The van der Waals surface area contributed by atoms with E-state index < -0.39 is 0 Å². The number of carbonyl (C=O) groups excluding carboxylic acids is 1. The summed E-state index contributed by atoms with van der Waals surface area (Å²) in [7, 11) is 0. The molecule has 0 atom stereocenters. The summed E-state index contributed by atoms with van der Waals surface area (Å²) in [5, 5.41) is 12.7. The highest BCUT2D eigenvalue weighted by Crippen LogP contribution is 2.17. The van der Waals surface area contributed by atoms with E-state index in [9.17, 15) is 4.79 Å². The molecule has 1 N–H and O–H groups in total. The maximum atomic E-state index is 11.8. The van der Waals surface area contributed by atoms with Crippen LogP contribution in [0.3, 0.4) is 0 Å². The van der Waals surface area contributed by atoms with Crippen LogP contribution in [-0.2, 0) is 11.3 Å². The number of hydrogen-bond acceptors (Lipinski definition) is 2. The molecule has 0 saturated heterocycles. The summed E-state index contributed by atoms with van der Waals surface area (Å²) in [6.45, 7) is 3.14. The first-order valence-corrected chi connectivity index (χ1v) is 6.50. The second kappa shape index (κ2) is 6.05. The van der Waals surface area contributed by atoms with Crippen molar-refractivity contribution < 1.29 is 4.79 Å². The lowest BCUT2D eigenvalue weighted by atomic mass is 10.2. The van der Waals surface area contributed by atoms with Crippen molar-refractivity contribution in [1.29, 1.82) is 5.26 Å². The van der Waals surface area contributed by atoms with Crippen molar-refractivity contribution in [2.45, 2.75) is 26.3 Å². The molecule has 2 rings (SSSR count). The molecule has 4 heteroatoms. The van der Waals surface area contributed by atoms with E-state index in [4.69, 9.17) is 5.26 Å². The fourth-order valence-electron chi connectivity index (χ4n) is 2.02. The zero-order valence-corrected chi connectivity index (χ0v) is 11.0. The maximum absolute atomic E-state index is 11.8. The van der Waals surface area contributed by atoms with E-state index >= 15 is 0 Å². The molecule has 2 aromatic rings. The van der Waals surface area contributed by atoms with Gasteiger partial charge in [0, 0.05) is 23.6 Å². The standard InChI is InChI=1S/C15H17N3O/c1-2-3-7-17-15(19)11-18-8-6-13-9-12(10-16)4-5-14(13)18/h4-6,8-9H,2-3,7,11H2,1H3,(H,17,19).